The molecule has 4 aliphatic carbocycles. The maximum absolute atomic E-state index is 12.2. The van der Waals surface area contributed by atoms with Gasteiger partial charge >= 0.3 is 5.97 Å². The molecule has 38 heavy (non-hydrogen) atoms. The lowest BCUT2D eigenvalue weighted by Crippen LogP contribution is -2.58. The molecule has 216 valence electrons. The zero-order valence-corrected chi connectivity index (χ0v) is 24.3. The van der Waals surface area contributed by atoms with Gasteiger partial charge in [-0.3, -0.25) is 0 Å². The van der Waals surface area contributed by atoms with Gasteiger partial charge in [-0.15, -0.1) is 0 Å². The molecule has 0 spiro atoms. The summed E-state index contributed by atoms with van der Waals surface area (Å²) in [7, 11) is 0. The Morgan fingerprint density at radius 3 is 1.87 bits per heavy atom. The molecule has 2 saturated heterocycles. The molecule has 0 aromatic carbocycles. The molecule has 6 aliphatic rings. The Balaban J connectivity index is 1.23. The minimum absolute atomic E-state index is 0.111. The molecular formula is C32H52O6. The van der Waals surface area contributed by atoms with Crippen LogP contribution < -0.4 is 0 Å². The van der Waals surface area contributed by atoms with Gasteiger partial charge in [0.25, 0.3) is 0 Å². The van der Waals surface area contributed by atoms with E-state index in [1.807, 2.05) is 0 Å². The summed E-state index contributed by atoms with van der Waals surface area (Å²) in [6.45, 7) is 11.2. The van der Waals surface area contributed by atoms with E-state index >= 15 is 0 Å². The molecule has 0 radical (unpaired) electrons. The Morgan fingerprint density at radius 1 is 0.842 bits per heavy atom. The Hall–Kier alpha value is -1.11. The van der Waals surface area contributed by atoms with Crippen molar-refractivity contribution in [2.75, 3.05) is 39.6 Å². The number of ether oxygens (including phenoxy) is 4. The summed E-state index contributed by atoms with van der Waals surface area (Å²) in [5.41, 5.74) is 0.802. The quantitative estimate of drug-likeness (QED) is 0.132. The Kier molecular flexibility index (Phi) is 8.53. The van der Waals surface area contributed by atoms with Gasteiger partial charge in [-0.1, -0.05) is 26.7 Å². The molecule has 0 amide bonds. The number of carboxylic acids is 1. The molecule has 2 atom stereocenters. The van der Waals surface area contributed by atoms with E-state index in [0.717, 1.165) is 90.2 Å². The molecule has 6 rings (SSSR count). The average Bonchev–Trinajstić information content (AvgIpc) is 2.81. The number of carboxylic acid groups (broad SMARTS) is 1. The molecular weight excluding hydrogens is 480 g/mol. The minimum atomic E-state index is -0.843. The summed E-state index contributed by atoms with van der Waals surface area (Å²) in [5, 5.41) is 10.0. The monoisotopic (exact) mass is 532 g/mol. The number of hydrogen-bond acceptors (Lipinski definition) is 5. The Bertz CT molecular complexity index is 855. The second-order valence-corrected chi connectivity index (χ2v) is 14.1. The Morgan fingerprint density at radius 2 is 1.39 bits per heavy atom. The topological polar surface area (TPSA) is 74.2 Å². The highest BCUT2D eigenvalue weighted by Gasteiger charge is 2.61. The fourth-order valence-corrected chi connectivity index (χ4v) is 9.40. The van der Waals surface area contributed by atoms with Crippen LogP contribution in [0.1, 0.15) is 111 Å². The third kappa shape index (κ3) is 5.69. The molecule has 0 aromatic rings. The molecule has 2 unspecified atom stereocenters. The summed E-state index contributed by atoms with van der Waals surface area (Å²) in [6, 6.07) is 0. The smallest absolute Gasteiger partial charge is 0.334 e. The molecule has 4 saturated carbocycles. The lowest BCUT2D eigenvalue weighted by atomic mass is 9.47. The number of hydrogen-bond donors (Lipinski definition) is 1. The number of rotatable bonds is 16. The predicted molar refractivity (Wildman–Crippen MR) is 147 cm³/mol. The van der Waals surface area contributed by atoms with Crippen LogP contribution in [-0.4, -0.2) is 56.3 Å². The van der Waals surface area contributed by atoms with Crippen LogP contribution in [-0.2, 0) is 23.7 Å². The van der Waals surface area contributed by atoms with E-state index in [2.05, 4.69) is 13.8 Å². The van der Waals surface area contributed by atoms with E-state index in [4.69, 9.17) is 18.9 Å². The van der Waals surface area contributed by atoms with Crippen LogP contribution in [0.2, 0.25) is 0 Å². The standard InChI is InChI=1S/C32H52O6/c1-4-8-29(20-35-21-29)10-6-12-37-27(24(3)28(33)34)31-15-25-14-26(16-31)18-32(17-25,19-31)38-13-7-11-30(9-5-2)22-36-23-30/h25-26H,4-23H2,1-3H3,(H,33,34). The van der Waals surface area contributed by atoms with Crippen molar-refractivity contribution in [3.63, 3.8) is 0 Å². The van der Waals surface area contributed by atoms with Crippen molar-refractivity contribution in [2.45, 2.75) is 116 Å². The van der Waals surface area contributed by atoms with Gasteiger partial charge in [0.15, 0.2) is 0 Å². The van der Waals surface area contributed by atoms with Gasteiger partial charge in [-0.05, 0) is 95.8 Å². The van der Waals surface area contributed by atoms with Crippen molar-refractivity contribution in [1.29, 1.82) is 0 Å². The van der Waals surface area contributed by atoms with Crippen LogP contribution in [0.5, 0.6) is 0 Å². The van der Waals surface area contributed by atoms with Gasteiger partial charge < -0.3 is 24.1 Å². The summed E-state index contributed by atoms with van der Waals surface area (Å²) in [5.74, 6) is 1.16. The molecule has 2 heterocycles. The fraction of sp³-hybridized carbons (Fsp3) is 0.906. The van der Waals surface area contributed by atoms with E-state index < -0.39 is 5.97 Å². The van der Waals surface area contributed by atoms with E-state index in [1.165, 1.54) is 38.5 Å². The first-order chi connectivity index (χ1) is 18.3. The minimum Gasteiger partial charge on any atom is -0.497 e. The Labute approximate surface area is 230 Å². The second-order valence-electron chi connectivity index (χ2n) is 14.1. The zero-order chi connectivity index (χ0) is 26.9. The van der Waals surface area contributed by atoms with Crippen molar-refractivity contribution in [3.05, 3.63) is 11.3 Å². The first-order valence-electron chi connectivity index (χ1n) is 15.6. The second kappa shape index (κ2) is 11.4. The SMILES string of the molecule is CCCC1(CCCOC(=C(C)C(=O)O)C23CC4CC(CC(OCCCC5(CCC)COC5)(C4)C2)C3)COC1. The van der Waals surface area contributed by atoms with Crippen LogP contribution in [0, 0.1) is 28.1 Å². The third-order valence-corrected chi connectivity index (χ3v) is 10.7. The van der Waals surface area contributed by atoms with Gasteiger partial charge in [-0.25, -0.2) is 4.79 Å². The number of aliphatic carboxylic acids is 1. The fourth-order valence-electron chi connectivity index (χ4n) is 9.40. The van der Waals surface area contributed by atoms with Crippen molar-refractivity contribution in [3.8, 4) is 0 Å². The maximum Gasteiger partial charge on any atom is 0.334 e. The molecule has 0 aromatic heterocycles. The van der Waals surface area contributed by atoms with Crippen LogP contribution in [0.3, 0.4) is 0 Å². The molecule has 2 aliphatic heterocycles. The first-order valence-corrected chi connectivity index (χ1v) is 15.6. The van der Waals surface area contributed by atoms with Crippen LogP contribution >= 0.6 is 0 Å². The maximum atomic E-state index is 12.2. The van der Waals surface area contributed by atoms with Gasteiger partial charge in [-0.2, -0.15) is 0 Å². The number of carbonyl (C=O) groups is 1. The molecule has 6 nitrogen and oxygen atoms in total. The highest BCUT2D eigenvalue weighted by molar-refractivity contribution is 5.86. The highest BCUT2D eigenvalue weighted by atomic mass is 16.5. The summed E-state index contributed by atoms with van der Waals surface area (Å²) < 4.78 is 24.5. The number of allylic oxidation sites excluding steroid dienone is 1. The third-order valence-electron chi connectivity index (χ3n) is 10.7. The van der Waals surface area contributed by atoms with Gasteiger partial charge in [0, 0.05) is 22.9 Å². The summed E-state index contributed by atoms with van der Waals surface area (Å²) in [4.78, 5) is 12.2. The molecule has 1 N–H and O–H groups in total. The van der Waals surface area contributed by atoms with Gasteiger partial charge in [0.1, 0.15) is 5.76 Å². The van der Waals surface area contributed by atoms with Crippen LogP contribution in [0.4, 0.5) is 0 Å². The lowest BCUT2D eigenvalue weighted by molar-refractivity contribution is -0.195. The van der Waals surface area contributed by atoms with E-state index in [1.54, 1.807) is 6.92 Å². The molecule has 6 heteroatoms. The van der Waals surface area contributed by atoms with E-state index in [-0.39, 0.29) is 11.0 Å². The van der Waals surface area contributed by atoms with Crippen LogP contribution in [0.25, 0.3) is 0 Å². The summed E-state index contributed by atoms with van der Waals surface area (Å²) in [6.07, 6.45) is 15.7. The zero-order valence-electron chi connectivity index (χ0n) is 24.3. The largest absolute Gasteiger partial charge is 0.497 e. The lowest BCUT2D eigenvalue weighted by Gasteiger charge is -2.62. The summed E-state index contributed by atoms with van der Waals surface area (Å²) >= 11 is 0. The van der Waals surface area contributed by atoms with Crippen molar-refractivity contribution < 1.29 is 28.8 Å². The highest BCUT2D eigenvalue weighted by Crippen LogP contribution is 2.65. The normalized spacial score (nSPS) is 34.8. The molecule has 4 bridgehead atoms. The van der Waals surface area contributed by atoms with Gasteiger partial charge in [0.2, 0.25) is 0 Å². The average molecular weight is 533 g/mol. The van der Waals surface area contributed by atoms with E-state index in [0.29, 0.717) is 34.8 Å². The first kappa shape index (κ1) is 28.4. The van der Waals surface area contributed by atoms with Crippen LogP contribution in [0.15, 0.2) is 11.3 Å². The van der Waals surface area contributed by atoms with Gasteiger partial charge in [0.05, 0.1) is 44.2 Å². The van der Waals surface area contributed by atoms with Crippen molar-refractivity contribution in [2.24, 2.45) is 28.1 Å². The van der Waals surface area contributed by atoms with Crippen molar-refractivity contribution >= 4 is 5.97 Å². The van der Waals surface area contributed by atoms with Crippen molar-refractivity contribution in [1.82, 2.24) is 0 Å². The predicted octanol–water partition coefficient (Wildman–Crippen LogP) is 6.91. The molecule has 6 fully saturated rings. The van der Waals surface area contributed by atoms with E-state index in [9.17, 15) is 9.90 Å².